The van der Waals surface area contributed by atoms with Gasteiger partial charge in [-0.05, 0) is 118 Å². The molecule has 1 spiro atoms. The summed E-state index contributed by atoms with van der Waals surface area (Å²) in [6, 6.07) is 12.0. The summed E-state index contributed by atoms with van der Waals surface area (Å²) in [5.41, 5.74) is 3.90. The molecule has 7 nitrogen and oxygen atoms in total. The predicted molar refractivity (Wildman–Crippen MR) is 207 cm³/mol. The van der Waals surface area contributed by atoms with Crippen LogP contribution in [0.1, 0.15) is 108 Å². The van der Waals surface area contributed by atoms with Crippen molar-refractivity contribution in [3.8, 4) is 5.75 Å². The zero-order valence-corrected chi connectivity index (χ0v) is 32.8. The van der Waals surface area contributed by atoms with Crippen LogP contribution in [0.25, 0.3) is 0 Å². The number of amides is 1. The van der Waals surface area contributed by atoms with Crippen molar-refractivity contribution in [3.05, 3.63) is 70.3 Å². The molecule has 0 saturated heterocycles. The summed E-state index contributed by atoms with van der Waals surface area (Å²) >= 11 is 6.41. The lowest BCUT2D eigenvalue weighted by Gasteiger charge is -2.46. The van der Waals surface area contributed by atoms with Crippen LogP contribution >= 0.6 is 11.6 Å². The second-order valence-corrected chi connectivity index (χ2v) is 16.5. The number of rotatable bonds is 1. The van der Waals surface area contributed by atoms with E-state index in [-0.39, 0.29) is 28.6 Å². The number of hydrogen-bond acceptors (Lipinski definition) is 6. The molecule has 2 aromatic rings. The first-order valence-electron chi connectivity index (χ1n) is 18.7. The van der Waals surface area contributed by atoms with Gasteiger partial charge in [0, 0.05) is 36.2 Å². The Kier molecular flexibility index (Phi) is 15.0. The van der Waals surface area contributed by atoms with Gasteiger partial charge in [0.1, 0.15) is 23.0 Å². The Morgan fingerprint density at radius 2 is 1.80 bits per heavy atom. The van der Waals surface area contributed by atoms with Crippen molar-refractivity contribution in [3.63, 3.8) is 0 Å². The molecule has 276 valence electrons. The number of allylic oxidation sites excluding steroid dienone is 1. The van der Waals surface area contributed by atoms with E-state index in [4.69, 9.17) is 25.9 Å². The Morgan fingerprint density at radius 1 is 1.08 bits per heavy atom. The molecule has 0 radical (unpaired) electrons. The fourth-order valence-corrected chi connectivity index (χ4v) is 8.64. The van der Waals surface area contributed by atoms with Crippen LogP contribution in [0.4, 0.5) is 5.69 Å². The largest absolute Gasteiger partial charge is 0.490 e. The average Bonchev–Trinajstić information content (AvgIpc) is 3.92. The summed E-state index contributed by atoms with van der Waals surface area (Å²) in [5.74, 6) is 2.61. The number of carbonyl (C=O) groups is 2. The zero-order valence-electron chi connectivity index (χ0n) is 31.2. The third-order valence-electron chi connectivity index (χ3n) is 11.0. The summed E-state index contributed by atoms with van der Waals surface area (Å²) in [5, 5.41) is 0.589. The van der Waals surface area contributed by atoms with Crippen molar-refractivity contribution < 1.29 is 23.3 Å². The van der Waals surface area contributed by atoms with Crippen molar-refractivity contribution in [2.24, 2.45) is 23.7 Å². The number of fused-ring (bicyclic) bond motifs is 4. The number of benzene rings is 2. The zero-order chi connectivity index (χ0) is 36.4. The Balaban J connectivity index is 0.000000558. The maximum atomic E-state index is 13.3. The predicted octanol–water partition coefficient (Wildman–Crippen LogP) is 8.88. The van der Waals surface area contributed by atoms with Gasteiger partial charge < -0.3 is 19.2 Å². The Morgan fingerprint density at radius 3 is 2.44 bits per heavy atom. The second-order valence-electron chi connectivity index (χ2n) is 14.5. The van der Waals surface area contributed by atoms with Gasteiger partial charge in [0.15, 0.2) is 0 Å². The van der Waals surface area contributed by atoms with Gasteiger partial charge in [-0.1, -0.05) is 70.4 Å². The van der Waals surface area contributed by atoms with Crippen molar-refractivity contribution in [2.45, 2.75) is 110 Å². The molecule has 2 bridgehead atoms. The van der Waals surface area contributed by atoms with Crippen molar-refractivity contribution in [1.82, 2.24) is 4.72 Å². The van der Waals surface area contributed by atoms with Crippen molar-refractivity contribution in [2.75, 3.05) is 31.7 Å². The molecule has 3 aliphatic carbocycles. The molecule has 7 atom stereocenters. The van der Waals surface area contributed by atoms with Crippen LogP contribution < -0.4 is 14.4 Å². The molecule has 5 aliphatic rings. The molecule has 9 heteroatoms. The standard InChI is InChI=1S/C33H41ClN2O4S.C4H8.C2H4O.C2H6/c1-21-6-4-8-30(39-3)27-12-9-25(27)18-36-19-33(15-5-7-23-16-26(34)11-13-28(23)33)20-40-31-14-10-24(17-29(31)36)32(37)35-41(38)22(21)2;1-4-2-3-4;1-2-3;1-2/h4,8,10-11,13-14,16-17,21-22,25,27,30H,5-7,9,12,15,18-20H2,1-3H3,(H,35,37);4H,2-3H2,1H3;2H,1H3;1-2H3/b8-4+;;;/t21?,22?,25?,27?,30?,33-,41?;;;/m0.../s1. The first-order valence-corrected chi connectivity index (χ1v) is 20.3. The molecule has 2 fully saturated rings. The maximum absolute atomic E-state index is 13.3. The number of anilines is 1. The highest BCUT2D eigenvalue weighted by Crippen LogP contribution is 2.47. The van der Waals surface area contributed by atoms with Crippen LogP contribution in [0, 0.1) is 23.7 Å². The highest BCUT2D eigenvalue weighted by Gasteiger charge is 2.44. The lowest BCUT2D eigenvalue weighted by atomic mass is 9.68. The van der Waals surface area contributed by atoms with Crippen LogP contribution in [-0.2, 0) is 32.4 Å². The lowest BCUT2D eigenvalue weighted by molar-refractivity contribution is -0.106. The molecule has 0 aromatic heterocycles. The van der Waals surface area contributed by atoms with E-state index in [0.717, 1.165) is 80.3 Å². The van der Waals surface area contributed by atoms with Crippen LogP contribution in [-0.4, -0.2) is 54.6 Å². The molecular weight excluding hydrogens is 668 g/mol. The van der Waals surface area contributed by atoms with Crippen LogP contribution in [0.15, 0.2) is 48.6 Å². The Bertz CT molecular complexity index is 1500. The van der Waals surface area contributed by atoms with Crippen LogP contribution in [0.5, 0.6) is 5.75 Å². The fraction of sp³-hybridized carbons (Fsp3) is 0.610. The second kappa shape index (κ2) is 18.7. The minimum absolute atomic E-state index is 0.0508. The number of nitrogens with one attached hydrogen (secondary N) is 1. The SMILES string of the molecule is CC.CC1CC1.CC=O.COC1/C=C/CC(C)C(C)S(=O)NC(=O)c2ccc3c(c2)N(CC2CCC21)C[C@@]1(CCCc2cc(Cl)ccc21)CO3. The number of aryl methyl sites for hydroxylation is 1. The first-order chi connectivity index (χ1) is 24.1. The molecular formula is C41H59ClN2O5S. The van der Waals surface area contributed by atoms with E-state index in [2.05, 4.69) is 47.8 Å². The molecule has 2 aliphatic heterocycles. The summed E-state index contributed by atoms with van der Waals surface area (Å²) in [6.45, 7) is 14.0. The van der Waals surface area contributed by atoms with Gasteiger partial charge in [0.2, 0.25) is 0 Å². The van der Waals surface area contributed by atoms with Gasteiger partial charge in [0.25, 0.3) is 5.91 Å². The van der Waals surface area contributed by atoms with Gasteiger partial charge in [-0.2, -0.15) is 0 Å². The summed E-state index contributed by atoms with van der Waals surface area (Å²) in [6.07, 6.45) is 14.4. The molecule has 2 aromatic carbocycles. The Labute approximate surface area is 308 Å². The third-order valence-corrected chi connectivity index (χ3v) is 12.7. The number of methoxy groups -OCH3 is 1. The molecule has 2 saturated carbocycles. The minimum atomic E-state index is -1.50. The number of hydrogen-bond donors (Lipinski definition) is 1. The average molecular weight is 727 g/mol. The van der Waals surface area contributed by atoms with E-state index < -0.39 is 11.0 Å². The number of ether oxygens (including phenoxy) is 2. The van der Waals surface area contributed by atoms with Crippen LogP contribution in [0.3, 0.4) is 0 Å². The quantitative estimate of drug-likeness (QED) is 0.234. The van der Waals surface area contributed by atoms with Gasteiger partial charge in [-0.15, -0.1) is 0 Å². The van der Waals surface area contributed by atoms with E-state index in [1.807, 2.05) is 39.0 Å². The van der Waals surface area contributed by atoms with Gasteiger partial charge >= 0.3 is 0 Å². The van der Waals surface area contributed by atoms with Gasteiger partial charge in [-0.3, -0.25) is 9.52 Å². The summed E-state index contributed by atoms with van der Waals surface area (Å²) in [4.78, 5) is 24.6. The number of halogens is 1. The monoisotopic (exact) mass is 726 g/mol. The van der Waals surface area contributed by atoms with Crippen LogP contribution in [0.2, 0.25) is 5.02 Å². The van der Waals surface area contributed by atoms with E-state index in [1.54, 1.807) is 13.2 Å². The number of nitrogens with zero attached hydrogens (tertiary/aromatic N) is 1. The molecule has 7 rings (SSSR count). The van der Waals surface area contributed by atoms with Crippen molar-refractivity contribution >= 4 is 40.5 Å². The number of carbonyl (C=O) groups excluding carboxylic acids is 2. The first kappa shape index (κ1) is 40.1. The topological polar surface area (TPSA) is 84.9 Å². The molecule has 2 heterocycles. The van der Waals surface area contributed by atoms with E-state index in [0.29, 0.717) is 24.0 Å². The molecule has 50 heavy (non-hydrogen) atoms. The van der Waals surface area contributed by atoms with E-state index in [9.17, 15) is 9.00 Å². The molecule has 1 amide bonds. The summed E-state index contributed by atoms with van der Waals surface area (Å²) < 4.78 is 28.5. The normalized spacial score (nSPS) is 30.6. The fourth-order valence-electron chi connectivity index (χ4n) is 7.43. The highest BCUT2D eigenvalue weighted by atomic mass is 35.5. The molecule has 1 N–H and O–H groups in total. The van der Waals surface area contributed by atoms with E-state index in [1.165, 1.54) is 30.9 Å². The van der Waals surface area contributed by atoms with Crippen molar-refractivity contribution in [1.29, 1.82) is 0 Å². The smallest absolute Gasteiger partial charge is 0.263 e. The summed E-state index contributed by atoms with van der Waals surface area (Å²) in [7, 11) is 0.305. The van der Waals surface area contributed by atoms with E-state index >= 15 is 0 Å². The number of aldehydes is 1. The third kappa shape index (κ3) is 9.80. The van der Waals surface area contributed by atoms with Gasteiger partial charge in [-0.25, -0.2) is 4.21 Å². The molecule has 6 unspecified atom stereocenters. The maximum Gasteiger partial charge on any atom is 0.263 e. The lowest BCUT2D eigenvalue weighted by Crippen LogP contribution is -2.49. The minimum Gasteiger partial charge on any atom is -0.490 e. The highest BCUT2D eigenvalue weighted by molar-refractivity contribution is 7.84. The van der Waals surface area contributed by atoms with Gasteiger partial charge in [0.05, 0.1) is 23.6 Å². The Hall–Kier alpha value is -2.68.